The molecule has 15 nitrogen and oxygen atoms in total. The summed E-state index contributed by atoms with van der Waals surface area (Å²) in [5, 5.41) is 31.0. The van der Waals surface area contributed by atoms with Gasteiger partial charge in [0.25, 0.3) is 11.4 Å². The van der Waals surface area contributed by atoms with E-state index in [2.05, 4.69) is 12.6 Å². The Morgan fingerprint density at radius 2 is 1.50 bits per heavy atom. The van der Waals surface area contributed by atoms with Gasteiger partial charge in [0.05, 0.1) is 16.5 Å². The Labute approximate surface area is 258 Å². The standard InChI is InChI=1S/C28H33N5O10S/c34-12-11-30(27(36)42-17-19-1-5-22(6-2-19)32(38)39)15-21-9-10-29(14-21)26(35)25-13-24(44)16-31(25)28(37)43-18-20-3-7-23(8-4-20)33(40)41/h1-8,21,24-25,34,44H,9-18H2/t21-,24+,25+/m1/s1. The minimum Gasteiger partial charge on any atom is -0.445 e. The van der Waals surface area contributed by atoms with E-state index in [-0.39, 0.29) is 67.9 Å². The predicted molar refractivity (Wildman–Crippen MR) is 158 cm³/mol. The number of aliphatic hydroxyl groups is 1. The van der Waals surface area contributed by atoms with E-state index in [9.17, 15) is 39.7 Å². The van der Waals surface area contributed by atoms with Crippen LogP contribution in [-0.4, -0.2) is 98.4 Å². The zero-order chi connectivity index (χ0) is 31.8. The summed E-state index contributed by atoms with van der Waals surface area (Å²) in [6.07, 6.45) is -0.386. The maximum atomic E-state index is 13.5. The van der Waals surface area contributed by atoms with Crippen LogP contribution in [-0.2, 0) is 27.5 Å². The Hall–Kier alpha value is -4.44. The number of nitro benzene ring substituents is 2. The summed E-state index contributed by atoms with van der Waals surface area (Å²) < 4.78 is 10.8. The molecule has 2 aromatic carbocycles. The van der Waals surface area contributed by atoms with Crippen molar-refractivity contribution in [2.45, 2.75) is 37.3 Å². The normalized spacial score (nSPS) is 19.5. The van der Waals surface area contributed by atoms with Crippen molar-refractivity contribution in [2.24, 2.45) is 5.92 Å². The average Bonchev–Trinajstić information content (AvgIpc) is 3.65. The second-order valence-electron chi connectivity index (χ2n) is 10.6. The maximum Gasteiger partial charge on any atom is 0.410 e. The summed E-state index contributed by atoms with van der Waals surface area (Å²) in [7, 11) is 0. The number of non-ortho nitro benzene ring substituents is 2. The molecule has 4 rings (SSSR count). The molecular weight excluding hydrogens is 598 g/mol. The Balaban J connectivity index is 1.29. The number of nitrogens with zero attached hydrogens (tertiary/aromatic N) is 5. The van der Waals surface area contributed by atoms with Gasteiger partial charge in [-0.2, -0.15) is 12.6 Å². The van der Waals surface area contributed by atoms with Crippen molar-refractivity contribution in [3.05, 3.63) is 79.9 Å². The molecule has 2 fully saturated rings. The second-order valence-corrected chi connectivity index (χ2v) is 11.4. The number of carbonyl (C=O) groups excluding carboxylic acids is 3. The highest BCUT2D eigenvalue weighted by Gasteiger charge is 2.42. The number of aliphatic hydroxyl groups excluding tert-OH is 1. The molecule has 2 saturated heterocycles. The van der Waals surface area contributed by atoms with E-state index in [1.165, 1.54) is 58.3 Å². The summed E-state index contributed by atoms with van der Waals surface area (Å²) in [4.78, 5) is 64.2. The SMILES string of the molecule is O=C(OCc1ccc([N+](=O)[O-])cc1)N(CCO)C[C@@H]1CCN(C(=O)[C@@H]2C[C@H](S)CN2C(=O)OCc2ccc([N+](=O)[O-])cc2)C1. The van der Waals surface area contributed by atoms with Gasteiger partial charge in [-0.1, -0.05) is 0 Å². The number of thiol groups is 1. The van der Waals surface area contributed by atoms with Gasteiger partial charge in [0, 0.05) is 62.2 Å². The molecule has 0 aliphatic carbocycles. The van der Waals surface area contributed by atoms with Gasteiger partial charge in [0.1, 0.15) is 19.3 Å². The smallest absolute Gasteiger partial charge is 0.410 e. The molecule has 0 radical (unpaired) electrons. The number of hydrogen-bond acceptors (Lipinski definition) is 11. The molecule has 0 aromatic heterocycles. The topological polar surface area (TPSA) is 186 Å². The fourth-order valence-electron chi connectivity index (χ4n) is 5.22. The van der Waals surface area contributed by atoms with E-state index in [1.807, 2.05) is 0 Å². The number of ether oxygens (including phenoxy) is 2. The first-order valence-corrected chi connectivity index (χ1v) is 14.5. The molecule has 0 unspecified atom stereocenters. The van der Waals surface area contributed by atoms with Crippen molar-refractivity contribution in [1.82, 2.24) is 14.7 Å². The van der Waals surface area contributed by atoms with E-state index < -0.39 is 28.1 Å². The van der Waals surface area contributed by atoms with Crippen LogP contribution in [0.4, 0.5) is 21.0 Å². The third-order valence-electron chi connectivity index (χ3n) is 7.52. The Kier molecular flexibility index (Phi) is 10.9. The van der Waals surface area contributed by atoms with E-state index in [0.717, 1.165) is 0 Å². The van der Waals surface area contributed by atoms with Crippen LogP contribution in [0, 0.1) is 26.1 Å². The largest absolute Gasteiger partial charge is 0.445 e. The van der Waals surface area contributed by atoms with Gasteiger partial charge in [-0.15, -0.1) is 0 Å². The lowest BCUT2D eigenvalue weighted by Gasteiger charge is -2.28. The second kappa shape index (κ2) is 14.8. The predicted octanol–water partition coefficient (Wildman–Crippen LogP) is 2.99. The summed E-state index contributed by atoms with van der Waals surface area (Å²) in [5.41, 5.74) is 0.979. The highest BCUT2D eigenvalue weighted by atomic mass is 32.1. The fraction of sp³-hybridized carbons (Fsp3) is 0.464. The van der Waals surface area contributed by atoms with E-state index >= 15 is 0 Å². The molecule has 16 heteroatoms. The van der Waals surface area contributed by atoms with Crippen molar-refractivity contribution in [2.75, 3.05) is 39.3 Å². The molecule has 236 valence electrons. The van der Waals surface area contributed by atoms with Crippen LogP contribution in [0.15, 0.2) is 48.5 Å². The van der Waals surface area contributed by atoms with Gasteiger partial charge in [-0.25, -0.2) is 9.59 Å². The fourth-order valence-corrected chi connectivity index (χ4v) is 5.60. The zero-order valence-corrected chi connectivity index (χ0v) is 24.6. The molecule has 1 N–H and O–H groups in total. The molecule has 44 heavy (non-hydrogen) atoms. The van der Waals surface area contributed by atoms with Crippen molar-refractivity contribution in [3.8, 4) is 0 Å². The van der Waals surface area contributed by atoms with Crippen LogP contribution < -0.4 is 0 Å². The zero-order valence-electron chi connectivity index (χ0n) is 23.7. The number of nitro groups is 2. The van der Waals surface area contributed by atoms with Crippen molar-refractivity contribution >= 4 is 42.1 Å². The number of carbonyl (C=O) groups is 3. The van der Waals surface area contributed by atoms with Gasteiger partial charge in [-0.3, -0.25) is 29.9 Å². The quantitative estimate of drug-likeness (QED) is 0.212. The lowest BCUT2D eigenvalue weighted by molar-refractivity contribution is -0.385. The van der Waals surface area contributed by atoms with E-state index in [0.29, 0.717) is 37.1 Å². The van der Waals surface area contributed by atoms with Crippen LogP contribution in [0.5, 0.6) is 0 Å². The van der Waals surface area contributed by atoms with Gasteiger partial charge < -0.3 is 24.4 Å². The molecule has 3 atom stereocenters. The number of hydrogen-bond donors (Lipinski definition) is 2. The van der Waals surface area contributed by atoms with Crippen molar-refractivity contribution in [3.63, 3.8) is 0 Å². The first-order valence-electron chi connectivity index (χ1n) is 13.9. The molecule has 2 aromatic rings. The van der Waals surface area contributed by atoms with E-state index in [4.69, 9.17) is 9.47 Å². The number of likely N-dealkylation sites (tertiary alicyclic amines) is 2. The number of benzene rings is 2. The minimum atomic E-state index is -0.763. The molecule has 2 aliphatic heterocycles. The maximum absolute atomic E-state index is 13.5. The third-order valence-corrected chi connectivity index (χ3v) is 7.90. The molecular formula is C28H33N5O10S. The first-order chi connectivity index (χ1) is 21.0. The van der Waals surface area contributed by atoms with Crippen LogP contribution in [0.25, 0.3) is 0 Å². The number of amides is 3. The Morgan fingerprint density at radius 1 is 0.932 bits per heavy atom. The van der Waals surface area contributed by atoms with Gasteiger partial charge >= 0.3 is 12.2 Å². The molecule has 2 aliphatic rings. The van der Waals surface area contributed by atoms with Crippen LogP contribution in [0.2, 0.25) is 0 Å². The Bertz CT molecular complexity index is 1360. The molecule has 0 bridgehead atoms. The summed E-state index contributed by atoms with van der Waals surface area (Å²) >= 11 is 4.48. The third kappa shape index (κ3) is 8.35. The molecule has 0 spiro atoms. The van der Waals surface area contributed by atoms with Crippen molar-refractivity contribution < 1.29 is 38.8 Å². The summed E-state index contributed by atoms with van der Waals surface area (Å²) in [6, 6.07) is 10.5. The van der Waals surface area contributed by atoms with Crippen LogP contribution in [0.3, 0.4) is 0 Å². The van der Waals surface area contributed by atoms with Gasteiger partial charge in [0.15, 0.2) is 0 Å². The van der Waals surface area contributed by atoms with Crippen LogP contribution >= 0.6 is 12.6 Å². The molecule has 0 saturated carbocycles. The van der Waals surface area contributed by atoms with E-state index in [1.54, 1.807) is 4.90 Å². The lowest BCUT2D eigenvalue weighted by atomic mass is 10.1. The van der Waals surface area contributed by atoms with Gasteiger partial charge in [0.2, 0.25) is 5.91 Å². The molecule has 3 amide bonds. The highest BCUT2D eigenvalue weighted by Crippen LogP contribution is 2.28. The summed E-state index contributed by atoms with van der Waals surface area (Å²) in [6.45, 7) is 0.760. The highest BCUT2D eigenvalue weighted by molar-refractivity contribution is 7.81. The lowest BCUT2D eigenvalue weighted by Crippen LogP contribution is -2.47. The number of rotatable bonds is 11. The van der Waals surface area contributed by atoms with Gasteiger partial charge in [-0.05, 0) is 54.2 Å². The average molecular weight is 632 g/mol. The minimum absolute atomic E-state index is 0.0296. The van der Waals surface area contributed by atoms with Crippen LogP contribution in [0.1, 0.15) is 24.0 Å². The van der Waals surface area contributed by atoms with Crippen molar-refractivity contribution in [1.29, 1.82) is 0 Å². The Morgan fingerprint density at radius 3 is 2.05 bits per heavy atom. The molecule has 2 heterocycles. The first kappa shape index (κ1) is 32.5. The monoisotopic (exact) mass is 631 g/mol. The summed E-state index contributed by atoms with van der Waals surface area (Å²) in [5.74, 6) is -0.334.